The van der Waals surface area contributed by atoms with Crippen molar-refractivity contribution in [3.63, 3.8) is 0 Å². The van der Waals surface area contributed by atoms with Gasteiger partial charge in [0.2, 0.25) is 0 Å². The van der Waals surface area contributed by atoms with Crippen LogP contribution in [0.4, 0.5) is 13.2 Å². The van der Waals surface area contributed by atoms with Gasteiger partial charge in [-0.05, 0) is 44.4 Å². The van der Waals surface area contributed by atoms with Crippen LogP contribution in [-0.2, 0) is 4.84 Å². The monoisotopic (exact) mass is 301 g/mol. The second-order valence-electron chi connectivity index (χ2n) is 5.41. The molecule has 0 unspecified atom stereocenters. The summed E-state index contributed by atoms with van der Waals surface area (Å²) < 4.78 is 37.0. The van der Waals surface area contributed by atoms with Crippen molar-refractivity contribution in [2.45, 2.75) is 51.1 Å². The molecule has 0 atom stereocenters. The molecule has 0 aromatic carbocycles. The molecule has 1 aliphatic rings. The highest BCUT2D eigenvalue weighted by atomic mass is 19.4. The van der Waals surface area contributed by atoms with Gasteiger partial charge in [-0.25, -0.2) is 0 Å². The van der Waals surface area contributed by atoms with Crippen LogP contribution in [-0.4, -0.2) is 19.0 Å². The summed E-state index contributed by atoms with van der Waals surface area (Å²) in [6.45, 7) is 0. The maximum absolute atomic E-state index is 12.3. The van der Waals surface area contributed by atoms with Crippen molar-refractivity contribution >= 4 is 5.71 Å². The van der Waals surface area contributed by atoms with Crippen LogP contribution in [0.5, 0.6) is 0 Å². The first-order valence-electron chi connectivity index (χ1n) is 6.82. The van der Waals surface area contributed by atoms with E-state index < -0.39 is 24.4 Å². The average Bonchev–Trinajstić information content (AvgIpc) is 2.45. The predicted molar refractivity (Wildman–Crippen MR) is 70.0 cm³/mol. The summed E-state index contributed by atoms with van der Waals surface area (Å²) in [5.41, 5.74) is -0.626. The first-order chi connectivity index (χ1) is 9.84. The molecule has 0 amide bonds. The summed E-state index contributed by atoms with van der Waals surface area (Å²) in [5.74, 6) is 0.0772. The predicted octanol–water partition coefficient (Wildman–Crippen LogP) is 3.95. The van der Waals surface area contributed by atoms with Crippen molar-refractivity contribution in [3.05, 3.63) is 0 Å². The van der Waals surface area contributed by atoms with E-state index in [0.717, 1.165) is 18.6 Å². The molecule has 0 spiro atoms. The summed E-state index contributed by atoms with van der Waals surface area (Å²) in [5, 5.41) is 22.2. The summed E-state index contributed by atoms with van der Waals surface area (Å²) in [7, 11) is 1.46. The van der Waals surface area contributed by atoms with Gasteiger partial charge in [0.05, 0.1) is 17.9 Å². The zero-order chi connectivity index (χ0) is 15.9. The Bertz CT molecular complexity index is 436. The van der Waals surface area contributed by atoms with Crippen LogP contribution < -0.4 is 0 Å². The highest BCUT2D eigenvalue weighted by Crippen LogP contribution is 2.39. The molecule has 21 heavy (non-hydrogen) atoms. The highest BCUT2D eigenvalue weighted by Gasteiger charge is 2.39. The van der Waals surface area contributed by atoms with Crippen molar-refractivity contribution in [1.82, 2.24) is 0 Å². The van der Waals surface area contributed by atoms with E-state index in [-0.39, 0.29) is 12.3 Å². The van der Waals surface area contributed by atoms with Crippen LogP contribution in [0.3, 0.4) is 0 Å². The van der Waals surface area contributed by atoms with Gasteiger partial charge in [0.1, 0.15) is 12.5 Å². The first kappa shape index (κ1) is 17.3. The van der Waals surface area contributed by atoms with E-state index in [2.05, 4.69) is 5.16 Å². The number of nitrogens with zero attached hydrogens (tertiary/aromatic N) is 3. The van der Waals surface area contributed by atoms with Crippen molar-refractivity contribution in [2.75, 3.05) is 7.11 Å². The molecular weight excluding hydrogens is 283 g/mol. The Morgan fingerprint density at radius 2 is 1.76 bits per heavy atom. The molecular formula is C14H18F3N3O. The van der Waals surface area contributed by atoms with Crippen LogP contribution in [0.2, 0.25) is 0 Å². The van der Waals surface area contributed by atoms with Crippen molar-refractivity contribution < 1.29 is 18.0 Å². The lowest BCUT2D eigenvalue weighted by Gasteiger charge is -2.28. The third-order valence-electron chi connectivity index (χ3n) is 3.80. The van der Waals surface area contributed by atoms with Gasteiger partial charge in [-0.15, -0.1) is 0 Å². The molecule has 0 bridgehead atoms. The SMILES string of the molecule is CON=C1CCC(CC(C#N)(C#N)CCC(F)(F)F)CC1. The molecule has 1 aliphatic carbocycles. The van der Waals surface area contributed by atoms with E-state index in [1.165, 1.54) is 7.11 Å². The lowest BCUT2D eigenvalue weighted by atomic mass is 9.73. The van der Waals surface area contributed by atoms with Crippen LogP contribution in [0.1, 0.15) is 44.9 Å². The quantitative estimate of drug-likeness (QED) is 0.722. The highest BCUT2D eigenvalue weighted by molar-refractivity contribution is 5.84. The molecule has 0 aliphatic heterocycles. The third-order valence-corrected chi connectivity index (χ3v) is 3.80. The lowest BCUT2D eigenvalue weighted by molar-refractivity contribution is -0.138. The van der Waals surface area contributed by atoms with E-state index in [0.29, 0.717) is 12.8 Å². The van der Waals surface area contributed by atoms with Gasteiger partial charge in [0, 0.05) is 6.42 Å². The van der Waals surface area contributed by atoms with E-state index in [9.17, 15) is 13.2 Å². The smallest absolute Gasteiger partial charge is 0.389 e. The standard InChI is InChI=1S/C14H18F3N3O/c1-21-20-12-4-2-11(3-5-12)8-13(9-18,10-19)6-7-14(15,16)17/h11H,2-8H2,1H3. The Balaban J connectivity index is 2.62. The number of alkyl halides is 3. The molecule has 7 heteroatoms. The molecule has 1 saturated carbocycles. The van der Waals surface area contributed by atoms with E-state index in [1.54, 1.807) is 12.1 Å². The molecule has 1 fully saturated rings. The normalized spacial score (nSPS) is 19.5. The fourth-order valence-electron chi connectivity index (χ4n) is 2.61. The number of oxime groups is 1. The van der Waals surface area contributed by atoms with Gasteiger partial charge in [-0.2, -0.15) is 23.7 Å². The summed E-state index contributed by atoms with van der Waals surface area (Å²) in [6, 6.07) is 3.61. The largest absolute Gasteiger partial charge is 0.399 e. The molecule has 4 nitrogen and oxygen atoms in total. The Morgan fingerprint density at radius 3 is 2.19 bits per heavy atom. The zero-order valence-electron chi connectivity index (χ0n) is 11.9. The molecule has 0 saturated heterocycles. The number of rotatable bonds is 5. The van der Waals surface area contributed by atoms with E-state index in [1.807, 2.05) is 0 Å². The zero-order valence-corrected chi connectivity index (χ0v) is 11.9. The van der Waals surface area contributed by atoms with E-state index in [4.69, 9.17) is 15.4 Å². The van der Waals surface area contributed by atoms with Crippen molar-refractivity contribution in [3.8, 4) is 12.1 Å². The lowest BCUT2D eigenvalue weighted by Crippen LogP contribution is -2.26. The maximum Gasteiger partial charge on any atom is 0.389 e. The van der Waals surface area contributed by atoms with Crippen molar-refractivity contribution in [2.24, 2.45) is 16.5 Å². The fraction of sp³-hybridized carbons (Fsp3) is 0.786. The molecule has 0 heterocycles. The molecule has 0 radical (unpaired) electrons. The molecule has 0 aromatic heterocycles. The number of halogens is 3. The third kappa shape index (κ3) is 5.63. The maximum atomic E-state index is 12.3. The Morgan fingerprint density at radius 1 is 1.19 bits per heavy atom. The van der Waals surface area contributed by atoms with Gasteiger partial charge in [0.15, 0.2) is 0 Å². The van der Waals surface area contributed by atoms with Crippen LogP contribution in [0, 0.1) is 34.0 Å². The average molecular weight is 301 g/mol. The summed E-state index contributed by atoms with van der Waals surface area (Å²) >= 11 is 0. The number of hydrogen-bond donors (Lipinski definition) is 0. The van der Waals surface area contributed by atoms with E-state index >= 15 is 0 Å². The summed E-state index contributed by atoms with van der Waals surface area (Å²) in [4.78, 5) is 4.69. The molecule has 116 valence electrons. The van der Waals surface area contributed by atoms with Gasteiger partial charge < -0.3 is 4.84 Å². The number of nitriles is 2. The molecule has 0 N–H and O–H groups in total. The second kappa shape index (κ2) is 7.31. The van der Waals surface area contributed by atoms with Gasteiger partial charge >= 0.3 is 6.18 Å². The molecule has 0 aromatic rings. The minimum absolute atomic E-state index is 0.0772. The second-order valence-corrected chi connectivity index (χ2v) is 5.41. The van der Waals surface area contributed by atoms with Gasteiger partial charge in [-0.3, -0.25) is 0 Å². The van der Waals surface area contributed by atoms with Gasteiger partial charge in [-0.1, -0.05) is 5.16 Å². The summed E-state index contributed by atoms with van der Waals surface area (Å²) in [6.07, 6.45) is -2.87. The fourth-order valence-corrected chi connectivity index (χ4v) is 2.61. The minimum Gasteiger partial charge on any atom is -0.399 e. The van der Waals surface area contributed by atoms with Crippen LogP contribution in [0.15, 0.2) is 5.16 Å². The Kier molecular flexibility index (Phi) is 6.02. The van der Waals surface area contributed by atoms with Crippen LogP contribution >= 0.6 is 0 Å². The minimum atomic E-state index is -4.34. The Labute approximate surface area is 122 Å². The molecule has 1 rings (SSSR count). The Hall–Kier alpha value is -1.76. The van der Waals surface area contributed by atoms with Gasteiger partial charge in [0.25, 0.3) is 0 Å². The van der Waals surface area contributed by atoms with Crippen molar-refractivity contribution in [1.29, 1.82) is 10.5 Å². The topological polar surface area (TPSA) is 69.2 Å². The van der Waals surface area contributed by atoms with Crippen LogP contribution in [0.25, 0.3) is 0 Å². The first-order valence-corrected chi connectivity index (χ1v) is 6.82. The number of hydrogen-bond acceptors (Lipinski definition) is 4.